The van der Waals surface area contributed by atoms with Crippen molar-refractivity contribution in [3.63, 3.8) is 0 Å². The van der Waals surface area contributed by atoms with Crippen LogP contribution in [0.3, 0.4) is 0 Å². The fourth-order valence-corrected chi connectivity index (χ4v) is 3.58. The summed E-state index contributed by atoms with van der Waals surface area (Å²) in [5, 5.41) is 11.9. The Morgan fingerprint density at radius 3 is 2.20 bits per heavy atom. The minimum atomic E-state index is -3.28. The van der Waals surface area contributed by atoms with Gasteiger partial charge in [-0.1, -0.05) is 72.6 Å². The second-order valence-corrected chi connectivity index (χ2v) is 8.50. The zero-order valence-corrected chi connectivity index (χ0v) is 20.5. The maximum absolute atomic E-state index is 14.1. The molecule has 3 rings (SSSR count). The van der Waals surface area contributed by atoms with Gasteiger partial charge in [0.1, 0.15) is 5.71 Å². The van der Waals surface area contributed by atoms with Crippen molar-refractivity contribution >= 4 is 46.3 Å². The third-order valence-corrected chi connectivity index (χ3v) is 5.96. The summed E-state index contributed by atoms with van der Waals surface area (Å²) >= 11 is 12.3. The molecular weight excluding hydrogens is 493 g/mol. The van der Waals surface area contributed by atoms with Crippen molar-refractivity contribution in [3.8, 4) is 0 Å². The molecule has 35 heavy (non-hydrogen) atoms. The van der Waals surface area contributed by atoms with Crippen LogP contribution in [0.4, 0.5) is 14.5 Å². The van der Waals surface area contributed by atoms with Crippen molar-refractivity contribution in [1.82, 2.24) is 0 Å². The summed E-state index contributed by atoms with van der Waals surface area (Å²) < 4.78 is 33.5. The molecule has 8 heteroatoms. The smallest absolute Gasteiger partial charge is 0.338 e. The molecule has 0 aromatic heterocycles. The molecule has 0 saturated heterocycles. The van der Waals surface area contributed by atoms with Crippen LogP contribution in [-0.2, 0) is 11.2 Å². The molecule has 0 fully saturated rings. The summed E-state index contributed by atoms with van der Waals surface area (Å²) in [5.74, 6) is -3.79. The lowest BCUT2D eigenvalue weighted by Gasteiger charge is -2.17. The molecule has 0 aliphatic carbocycles. The predicted octanol–water partition coefficient (Wildman–Crippen LogP) is 7.91. The average molecular weight is 517 g/mol. The number of para-hydroxylation sites is 1. The van der Waals surface area contributed by atoms with Gasteiger partial charge in [0.25, 0.3) is 5.92 Å². The van der Waals surface area contributed by atoms with Gasteiger partial charge in [-0.3, -0.25) is 5.41 Å². The zero-order chi connectivity index (χ0) is 25.4. The molecule has 0 saturated carbocycles. The third kappa shape index (κ3) is 7.13. The molecule has 0 heterocycles. The summed E-state index contributed by atoms with van der Waals surface area (Å²) in [6.07, 6.45) is 1.05. The summed E-state index contributed by atoms with van der Waals surface area (Å²) in [7, 11) is 0. The van der Waals surface area contributed by atoms with E-state index in [0.29, 0.717) is 33.3 Å². The minimum Gasteiger partial charge on any atom is -0.462 e. The Bertz CT molecular complexity index is 1230. The van der Waals surface area contributed by atoms with Gasteiger partial charge < -0.3 is 10.1 Å². The van der Waals surface area contributed by atoms with Gasteiger partial charge in [-0.05, 0) is 47.5 Å². The van der Waals surface area contributed by atoms with E-state index in [9.17, 15) is 13.6 Å². The van der Waals surface area contributed by atoms with E-state index in [1.54, 1.807) is 42.5 Å². The van der Waals surface area contributed by atoms with Crippen molar-refractivity contribution in [2.24, 2.45) is 0 Å². The highest BCUT2D eigenvalue weighted by Crippen LogP contribution is 2.28. The summed E-state index contributed by atoms with van der Waals surface area (Å²) in [6, 6.07) is 20.4. The zero-order valence-electron chi connectivity index (χ0n) is 19.0. The van der Waals surface area contributed by atoms with E-state index < -0.39 is 24.0 Å². The first-order valence-electron chi connectivity index (χ1n) is 10.9. The molecule has 3 aromatic rings. The van der Waals surface area contributed by atoms with Crippen LogP contribution >= 0.6 is 23.2 Å². The van der Waals surface area contributed by atoms with E-state index in [2.05, 4.69) is 5.32 Å². The van der Waals surface area contributed by atoms with Crippen LogP contribution in [0.1, 0.15) is 34.8 Å². The van der Waals surface area contributed by atoms with Crippen LogP contribution < -0.4 is 5.32 Å². The topological polar surface area (TPSA) is 62.2 Å². The molecule has 0 bridgehead atoms. The molecule has 2 N–H and O–H groups in total. The molecule has 0 unspecified atom stereocenters. The number of benzene rings is 3. The Labute approximate surface area is 213 Å². The number of anilines is 1. The fraction of sp³-hybridized carbons (Fsp3) is 0.185. The molecule has 0 amide bonds. The number of carbonyl (C=O) groups is 1. The molecule has 0 aliphatic heterocycles. The number of alkyl halides is 2. The molecule has 4 nitrogen and oxygen atoms in total. The third-order valence-electron chi connectivity index (χ3n) is 5.26. The number of nitrogens with one attached hydrogen (secondary N) is 2. The Morgan fingerprint density at radius 2 is 1.57 bits per heavy atom. The maximum Gasteiger partial charge on any atom is 0.338 e. The first-order valence-corrected chi connectivity index (χ1v) is 11.7. The first-order chi connectivity index (χ1) is 16.7. The normalized spacial score (nSPS) is 11.7. The number of rotatable bonds is 10. The Kier molecular flexibility index (Phi) is 9.01. The van der Waals surface area contributed by atoms with Crippen LogP contribution in [0.15, 0.2) is 78.9 Å². The lowest BCUT2D eigenvalue weighted by Crippen LogP contribution is -2.25. The number of hydrogen-bond donors (Lipinski definition) is 2. The summed E-state index contributed by atoms with van der Waals surface area (Å²) in [6.45, 7) is 1.47. The van der Waals surface area contributed by atoms with Crippen LogP contribution in [0.2, 0.25) is 10.0 Å². The first kappa shape index (κ1) is 26.4. The van der Waals surface area contributed by atoms with Crippen molar-refractivity contribution in [2.45, 2.75) is 25.7 Å². The van der Waals surface area contributed by atoms with Gasteiger partial charge >= 0.3 is 5.97 Å². The minimum absolute atomic E-state index is 0.160. The van der Waals surface area contributed by atoms with Gasteiger partial charge in [0.2, 0.25) is 0 Å². The second kappa shape index (κ2) is 12.0. The SMILES string of the molecule is CCC(F)(F)C(=N)/C=C(\Nc1ccccc1Cl)c1ccc(C(=O)OCCc2ccccc2Cl)cc1. The lowest BCUT2D eigenvalue weighted by atomic mass is 10.0. The molecule has 3 aromatic carbocycles. The maximum atomic E-state index is 14.1. The van der Waals surface area contributed by atoms with Crippen LogP contribution in [0.5, 0.6) is 0 Å². The van der Waals surface area contributed by atoms with Crippen LogP contribution in [0.25, 0.3) is 5.70 Å². The highest BCUT2D eigenvalue weighted by molar-refractivity contribution is 6.33. The van der Waals surface area contributed by atoms with Crippen molar-refractivity contribution < 1.29 is 18.3 Å². The largest absolute Gasteiger partial charge is 0.462 e. The van der Waals surface area contributed by atoms with Gasteiger partial charge in [0, 0.05) is 23.6 Å². The molecule has 0 radical (unpaired) electrons. The monoisotopic (exact) mass is 516 g/mol. The second-order valence-electron chi connectivity index (χ2n) is 7.69. The number of esters is 1. The number of hydrogen-bond acceptors (Lipinski definition) is 4. The fourth-order valence-electron chi connectivity index (χ4n) is 3.16. The summed E-state index contributed by atoms with van der Waals surface area (Å²) in [4.78, 5) is 12.4. The van der Waals surface area contributed by atoms with Gasteiger partial charge in [0.05, 0.1) is 22.9 Å². The van der Waals surface area contributed by atoms with Gasteiger partial charge in [-0.15, -0.1) is 0 Å². The van der Waals surface area contributed by atoms with E-state index in [1.807, 2.05) is 18.2 Å². The van der Waals surface area contributed by atoms with Gasteiger partial charge in [-0.25, -0.2) is 4.79 Å². The molecule has 0 spiro atoms. The number of carbonyl (C=O) groups excluding carboxylic acids is 1. The molecular formula is C27H24Cl2F2N2O2. The van der Waals surface area contributed by atoms with Crippen LogP contribution in [-0.4, -0.2) is 24.2 Å². The Morgan fingerprint density at radius 1 is 0.971 bits per heavy atom. The van der Waals surface area contributed by atoms with E-state index in [4.69, 9.17) is 33.3 Å². The van der Waals surface area contributed by atoms with Gasteiger partial charge in [-0.2, -0.15) is 8.78 Å². The molecule has 182 valence electrons. The highest BCUT2D eigenvalue weighted by Gasteiger charge is 2.31. The highest BCUT2D eigenvalue weighted by atomic mass is 35.5. The molecule has 0 aliphatic rings. The number of halogens is 4. The van der Waals surface area contributed by atoms with E-state index in [-0.39, 0.29) is 12.3 Å². The quantitative estimate of drug-likeness (QED) is 0.212. The standard InChI is InChI=1S/C27H24Cl2F2N2O2/c1-2-27(30,31)25(32)17-24(33-23-10-6-5-9-22(23)29)19-11-13-20(14-12-19)26(34)35-16-15-18-7-3-4-8-21(18)28/h3-14,17,32-33H,2,15-16H2,1H3/b24-17-,32-25?. The van der Waals surface area contributed by atoms with E-state index in [0.717, 1.165) is 11.6 Å². The van der Waals surface area contributed by atoms with E-state index in [1.165, 1.54) is 19.1 Å². The Balaban J connectivity index is 1.77. The predicted molar refractivity (Wildman–Crippen MR) is 138 cm³/mol. The van der Waals surface area contributed by atoms with Crippen molar-refractivity contribution in [3.05, 3.63) is 106 Å². The van der Waals surface area contributed by atoms with Gasteiger partial charge in [0.15, 0.2) is 0 Å². The average Bonchev–Trinajstić information content (AvgIpc) is 2.86. The van der Waals surface area contributed by atoms with Crippen molar-refractivity contribution in [2.75, 3.05) is 11.9 Å². The van der Waals surface area contributed by atoms with Crippen molar-refractivity contribution in [1.29, 1.82) is 5.41 Å². The summed E-state index contributed by atoms with van der Waals surface area (Å²) in [5.41, 5.74) is 1.58. The number of allylic oxidation sites excluding steroid dienone is 1. The Hall–Kier alpha value is -3.22. The van der Waals surface area contributed by atoms with E-state index >= 15 is 0 Å². The van der Waals surface area contributed by atoms with Crippen LogP contribution in [0, 0.1) is 5.41 Å². The number of ether oxygens (including phenoxy) is 1. The lowest BCUT2D eigenvalue weighted by molar-refractivity contribution is 0.0509. The molecule has 0 atom stereocenters.